The second-order valence-corrected chi connectivity index (χ2v) is 8.22. The van der Waals surface area contributed by atoms with Gasteiger partial charge in [-0.2, -0.15) is 0 Å². The highest BCUT2D eigenvalue weighted by Gasteiger charge is 2.40. The van der Waals surface area contributed by atoms with Crippen molar-refractivity contribution in [2.45, 2.75) is 64.1 Å². The molecule has 1 saturated carbocycles. The third-order valence-electron chi connectivity index (χ3n) is 6.24. The monoisotopic (exact) mass is 466 g/mol. The van der Waals surface area contributed by atoms with Gasteiger partial charge in [0, 0.05) is 17.7 Å². The zero-order valence-electron chi connectivity index (χ0n) is 18.5. The summed E-state index contributed by atoms with van der Waals surface area (Å²) in [6, 6.07) is 5.14. The lowest BCUT2D eigenvalue weighted by Gasteiger charge is -2.29. The lowest BCUT2D eigenvalue weighted by Crippen LogP contribution is -2.28. The fraction of sp³-hybridized carbons (Fsp3) is 0.480. The van der Waals surface area contributed by atoms with Gasteiger partial charge in [-0.05, 0) is 62.8 Å². The van der Waals surface area contributed by atoms with E-state index in [2.05, 4.69) is 0 Å². The number of fused-ring (bicyclic) bond motifs is 3. The fourth-order valence-corrected chi connectivity index (χ4v) is 4.66. The molecule has 2 unspecified atom stereocenters. The van der Waals surface area contributed by atoms with Gasteiger partial charge in [-0.1, -0.05) is 12.1 Å². The van der Waals surface area contributed by atoms with Gasteiger partial charge >= 0.3 is 5.97 Å². The summed E-state index contributed by atoms with van der Waals surface area (Å²) in [5.74, 6) is -3.33. The average Bonchev–Trinajstić information content (AvgIpc) is 2.80. The fourth-order valence-electron chi connectivity index (χ4n) is 4.66. The second kappa shape index (κ2) is 9.71. The normalized spacial score (nSPS) is 24.1. The second-order valence-electron chi connectivity index (χ2n) is 8.22. The third kappa shape index (κ3) is 4.33. The number of esters is 1. The van der Waals surface area contributed by atoms with Crippen LogP contribution in [0.15, 0.2) is 24.3 Å². The van der Waals surface area contributed by atoms with Crippen molar-refractivity contribution in [1.82, 2.24) is 0 Å². The molecule has 2 aromatic rings. The topological polar surface area (TPSA) is 44.8 Å². The molecule has 1 fully saturated rings. The van der Waals surface area contributed by atoms with Crippen molar-refractivity contribution in [3.63, 3.8) is 0 Å². The first kappa shape index (κ1) is 23.5. The minimum atomic E-state index is -2.48. The molecule has 0 radical (unpaired) electrons. The Morgan fingerprint density at radius 2 is 1.42 bits per heavy atom. The van der Waals surface area contributed by atoms with E-state index in [0.29, 0.717) is 19.4 Å². The predicted molar refractivity (Wildman–Crippen MR) is 114 cm³/mol. The maximum atomic E-state index is 15.3. The van der Waals surface area contributed by atoms with Crippen LogP contribution in [0.2, 0.25) is 0 Å². The number of carbonyl (C=O) groups is 1. The van der Waals surface area contributed by atoms with E-state index in [9.17, 15) is 13.6 Å². The van der Waals surface area contributed by atoms with Gasteiger partial charge in [0.15, 0.2) is 23.9 Å². The molecule has 0 heterocycles. The predicted octanol–water partition coefficient (Wildman–Crippen LogP) is 6.57. The molecule has 8 heteroatoms. The van der Waals surface area contributed by atoms with E-state index in [1.54, 1.807) is 6.92 Å². The minimum absolute atomic E-state index is 0.000351. The highest BCUT2D eigenvalue weighted by atomic mass is 19.2. The van der Waals surface area contributed by atoms with Crippen LogP contribution in [0.5, 0.6) is 5.75 Å². The van der Waals surface area contributed by atoms with Gasteiger partial charge in [0.05, 0.1) is 18.3 Å². The number of ether oxygens (including phenoxy) is 3. The van der Waals surface area contributed by atoms with Crippen molar-refractivity contribution in [1.29, 1.82) is 0 Å². The smallest absolute Gasteiger partial charge is 0.341 e. The van der Waals surface area contributed by atoms with Crippen LogP contribution in [0.4, 0.5) is 17.6 Å². The van der Waals surface area contributed by atoms with E-state index in [-0.39, 0.29) is 29.6 Å². The summed E-state index contributed by atoms with van der Waals surface area (Å²) in [6.07, 6.45) is -2.60. The highest BCUT2D eigenvalue weighted by Crippen LogP contribution is 2.51. The Labute approximate surface area is 189 Å². The van der Waals surface area contributed by atoms with Gasteiger partial charge in [-0.25, -0.2) is 22.4 Å². The van der Waals surface area contributed by atoms with Gasteiger partial charge in [0.2, 0.25) is 0 Å². The van der Waals surface area contributed by atoms with Gasteiger partial charge in [0.1, 0.15) is 11.9 Å². The number of hydrogen-bond donors (Lipinski definition) is 0. The van der Waals surface area contributed by atoms with Crippen molar-refractivity contribution in [3.8, 4) is 16.9 Å². The summed E-state index contributed by atoms with van der Waals surface area (Å²) in [5, 5.41) is 0. The molecule has 2 aromatic carbocycles. The molecular weight excluding hydrogens is 440 g/mol. The first-order valence-corrected chi connectivity index (χ1v) is 11.3. The zero-order chi connectivity index (χ0) is 23.7. The Kier molecular flexibility index (Phi) is 6.93. The van der Waals surface area contributed by atoms with Crippen molar-refractivity contribution in [2.24, 2.45) is 0 Å². The van der Waals surface area contributed by atoms with E-state index in [0.717, 1.165) is 12.8 Å². The molecule has 0 aromatic heterocycles. The summed E-state index contributed by atoms with van der Waals surface area (Å²) in [6.45, 7) is 4.31. The molecule has 33 heavy (non-hydrogen) atoms. The lowest BCUT2D eigenvalue weighted by molar-refractivity contribution is -0.0166. The molecule has 2 aliphatic rings. The maximum Gasteiger partial charge on any atom is 0.341 e. The third-order valence-corrected chi connectivity index (χ3v) is 6.24. The molecule has 2 aliphatic carbocycles. The Morgan fingerprint density at radius 1 is 0.848 bits per heavy atom. The van der Waals surface area contributed by atoms with Crippen LogP contribution < -0.4 is 4.74 Å². The summed E-state index contributed by atoms with van der Waals surface area (Å²) in [4.78, 5) is 12.6. The molecule has 0 saturated heterocycles. The largest absolute Gasteiger partial charge is 0.491 e. The Hall–Kier alpha value is -2.61. The van der Waals surface area contributed by atoms with Crippen LogP contribution in [0.1, 0.15) is 73.4 Å². The SMILES string of the molecule is CCOc1ccc2c(c1F)C(F)C(F)c1c-2ccc(C(=O)OC2CCC(OCC)CC2)c1F. The Bertz CT molecular complexity index is 1030. The minimum Gasteiger partial charge on any atom is -0.491 e. The summed E-state index contributed by atoms with van der Waals surface area (Å²) in [5.41, 5.74) is -1.56. The first-order chi connectivity index (χ1) is 15.9. The number of carbonyl (C=O) groups excluding carboxylic acids is 1. The highest BCUT2D eigenvalue weighted by molar-refractivity contribution is 5.92. The van der Waals surface area contributed by atoms with E-state index in [1.165, 1.54) is 24.3 Å². The molecule has 2 atom stereocenters. The zero-order valence-corrected chi connectivity index (χ0v) is 18.5. The number of halogens is 4. The standard InChI is InChI=1S/C25H26F4O4/c1-3-31-13-5-7-14(8-6-13)33-25(30)17-10-9-15-16-11-12-18(32-4-2)22(27)20(16)24(29)23(28)19(15)21(17)26/h9-14,23-24H,3-8H2,1-2H3. The number of benzene rings is 2. The van der Waals surface area contributed by atoms with Crippen LogP contribution in [-0.2, 0) is 9.47 Å². The quantitative estimate of drug-likeness (QED) is 0.357. The van der Waals surface area contributed by atoms with Crippen molar-refractivity contribution >= 4 is 5.97 Å². The number of hydrogen-bond acceptors (Lipinski definition) is 4. The number of alkyl halides is 2. The van der Waals surface area contributed by atoms with E-state index < -0.39 is 52.7 Å². The van der Waals surface area contributed by atoms with Crippen molar-refractivity contribution in [2.75, 3.05) is 13.2 Å². The molecule has 0 spiro atoms. The van der Waals surface area contributed by atoms with Gasteiger partial charge in [0.25, 0.3) is 0 Å². The molecule has 4 nitrogen and oxygen atoms in total. The van der Waals surface area contributed by atoms with Gasteiger partial charge < -0.3 is 14.2 Å². The molecule has 178 valence electrons. The molecule has 4 rings (SSSR count). The number of rotatable bonds is 6. The summed E-state index contributed by atoms with van der Waals surface area (Å²) < 4.78 is 76.2. The van der Waals surface area contributed by atoms with Crippen LogP contribution in [0, 0.1) is 11.6 Å². The lowest BCUT2D eigenvalue weighted by atomic mass is 9.81. The van der Waals surface area contributed by atoms with Crippen LogP contribution >= 0.6 is 0 Å². The van der Waals surface area contributed by atoms with Gasteiger partial charge in [-0.15, -0.1) is 0 Å². The Morgan fingerprint density at radius 3 is 2.03 bits per heavy atom. The van der Waals surface area contributed by atoms with E-state index in [4.69, 9.17) is 14.2 Å². The molecular formula is C25H26F4O4. The molecule has 0 N–H and O–H groups in total. The van der Waals surface area contributed by atoms with Crippen LogP contribution in [0.25, 0.3) is 11.1 Å². The average molecular weight is 466 g/mol. The first-order valence-electron chi connectivity index (χ1n) is 11.3. The Balaban J connectivity index is 1.62. The molecule has 0 aliphatic heterocycles. The maximum absolute atomic E-state index is 15.3. The summed E-state index contributed by atoms with van der Waals surface area (Å²) in [7, 11) is 0. The van der Waals surface area contributed by atoms with Crippen LogP contribution in [0.3, 0.4) is 0 Å². The van der Waals surface area contributed by atoms with Crippen molar-refractivity contribution in [3.05, 3.63) is 52.6 Å². The van der Waals surface area contributed by atoms with Gasteiger partial charge in [-0.3, -0.25) is 0 Å². The van der Waals surface area contributed by atoms with Crippen LogP contribution in [-0.4, -0.2) is 31.4 Å². The molecule has 0 amide bonds. The summed E-state index contributed by atoms with van der Waals surface area (Å²) >= 11 is 0. The van der Waals surface area contributed by atoms with E-state index >= 15 is 8.78 Å². The van der Waals surface area contributed by atoms with E-state index in [1.807, 2.05) is 6.92 Å². The molecule has 0 bridgehead atoms. The van der Waals surface area contributed by atoms with Crippen molar-refractivity contribution < 1.29 is 36.6 Å².